The molecule has 0 atom stereocenters. The van der Waals surface area contributed by atoms with Crippen molar-refractivity contribution in [2.45, 2.75) is 38.1 Å². The van der Waals surface area contributed by atoms with Crippen LogP contribution in [0.2, 0.25) is 0 Å². The maximum atomic E-state index is 12.2. The third kappa shape index (κ3) is 2.48. The smallest absolute Gasteiger partial charge is 0.253 e. The Morgan fingerprint density at radius 2 is 2.11 bits per heavy atom. The number of nitrogen functional groups attached to an aromatic ring is 1. The van der Waals surface area contributed by atoms with Gasteiger partial charge in [-0.2, -0.15) is 0 Å². The lowest BCUT2D eigenvalue weighted by molar-refractivity contribution is 0.0839. The number of anilines is 1. The lowest BCUT2D eigenvalue weighted by Crippen LogP contribution is -2.49. The maximum absolute atomic E-state index is 12.2. The van der Waals surface area contributed by atoms with Crippen molar-refractivity contribution in [3.05, 3.63) is 29.3 Å². The molecule has 0 aliphatic heterocycles. The van der Waals surface area contributed by atoms with Crippen molar-refractivity contribution in [3.8, 4) is 0 Å². The Hall–Kier alpha value is -1.55. The highest BCUT2D eigenvalue weighted by molar-refractivity contribution is 5.99. The summed E-state index contributed by atoms with van der Waals surface area (Å²) in [6.45, 7) is 1.91. The normalized spacial score (nSPS) is 17.7. The molecule has 1 aliphatic carbocycles. The molecular formula is C14H20N2O2. The van der Waals surface area contributed by atoms with Crippen molar-refractivity contribution in [1.29, 1.82) is 0 Å². The summed E-state index contributed by atoms with van der Waals surface area (Å²) >= 11 is 0. The van der Waals surface area contributed by atoms with Gasteiger partial charge in [0, 0.05) is 5.69 Å². The molecule has 1 amide bonds. The Bertz CT molecular complexity index is 451. The second-order valence-electron chi connectivity index (χ2n) is 5.19. The van der Waals surface area contributed by atoms with Crippen molar-refractivity contribution < 1.29 is 9.90 Å². The summed E-state index contributed by atoms with van der Waals surface area (Å²) in [5, 5.41) is 12.4. The largest absolute Gasteiger partial charge is 0.398 e. The highest BCUT2D eigenvalue weighted by atomic mass is 16.3. The fourth-order valence-corrected chi connectivity index (χ4v) is 2.55. The zero-order valence-electron chi connectivity index (χ0n) is 10.7. The monoisotopic (exact) mass is 248 g/mol. The van der Waals surface area contributed by atoms with Crippen LogP contribution in [0.4, 0.5) is 5.69 Å². The van der Waals surface area contributed by atoms with Gasteiger partial charge in [0.15, 0.2) is 0 Å². The van der Waals surface area contributed by atoms with Gasteiger partial charge in [0.05, 0.1) is 17.7 Å². The number of aliphatic hydroxyl groups is 1. The van der Waals surface area contributed by atoms with Crippen LogP contribution >= 0.6 is 0 Å². The Morgan fingerprint density at radius 1 is 1.44 bits per heavy atom. The van der Waals surface area contributed by atoms with Crippen LogP contribution in [-0.2, 0) is 0 Å². The summed E-state index contributed by atoms with van der Waals surface area (Å²) in [4.78, 5) is 12.2. The van der Waals surface area contributed by atoms with Crippen molar-refractivity contribution in [2.75, 3.05) is 12.3 Å². The van der Waals surface area contributed by atoms with E-state index in [9.17, 15) is 9.90 Å². The maximum Gasteiger partial charge on any atom is 0.253 e. The molecule has 0 radical (unpaired) electrons. The minimum absolute atomic E-state index is 0.00946. The molecule has 4 nitrogen and oxygen atoms in total. The molecule has 1 fully saturated rings. The quantitative estimate of drug-likeness (QED) is 0.711. The standard InChI is InChI=1S/C14H20N2O2/c1-10-4-5-12(15)11(8-10)13(18)16-14(9-17)6-2-3-7-14/h4-5,8,17H,2-3,6-7,9,15H2,1H3,(H,16,18). The summed E-state index contributed by atoms with van der Waals surface area (Å²) in [7, 11) is 0. The van der Waals surface area contributed by atoms with Crippen molar-refractivity contribution >= 4 is 11.6 Å². The lowest BCUT2D eigenvalue weighted by Gasteiger charge is -2.28. The third-order valence-electron chi connectivity index (χ3n) is 3.70. The zero-order chi connectivity index (χ0) is 13.2. The molecule has 0 bridgehead atoms. The van der Waals surface area contributed by atoms with Crippen LogP contribution in [-0.4, -0.2) is 23.2 Å². The van der Waals surface area contributed by atoms with Gasteiger partial charge in [-0.3, -0.25) is 4.79 Å². The van der Waals surface area contributed by atoms with Crippen molar-refractivity contribution in [3.63, 3.8) is 0 Å². The molecule has 2 rings (SSSR count). The minimum Gasteiger partial charge on any atom is -0.398 e. The average molecular weight is 248 g/mol. The van der Waals surface area contributed by atoms with Crippen LogP contribution in [0.15, 0.2) is 18.2 Å². The zero-order valence-corrected chi connectivity index (χ0v) is 10.7. The Balaban J connectivity index is 2.18. The van der Waals surface area contributed by atoms with E-state index in [1.807, 2.05) is 13.0 Å². The number of amides is 1. The molecule has 1 saturated carbocycles. The van der Waals surface area contributed by atoms with Gasteiger partial charge >= 0.3 is 0 Å². The fourth-order valence-electron chi connectivity index (χ4n) is 2.55. The molecule has 4 N–H and O–H groups in total. The van der Waals surface area contributed by atoms with Gasteiger partial charge in [0.1, 0.15) is 0 Å². The molecule has 0 aromatic heterocycles. The average Bonchev–Trinajstić information content (AvgIpc) is 2.81. The van der Waals surface area contributed by atoms with Gasteiger partial charge in [0.2, 0.25) is 0 Å². The fraction of sp³-hybridized carbons (Fsp3) is 0.500. The van der Waals surface area contributed by atoms with Gasteiger partial charge in [0.25, 0.3) is 5.91 Å². The van der Waals surface area contributed by atoms with E-state index in [1.165, 1.54) is 0 Å². The molecule has 0 spiro atoms. The minimum atomic E-state index is -0.451. The molecule has 1 aromatic rings. The van der Waals surface area contributed by atoms with Gasteiger partial charge < -0.3 is 16.2 Å². The van der Waals surface area contributed by atoms with Crippen LogP contribution in [0.1, 0.15) is 41.6 Å². The number of aliphatic hydroxyl groups excluding tert-OH is 1. The second-order valence-corrected chi connectivity index (χ2v) is 5.19. The van der Waals surface area contributed by atoms with E-state index in [2.05, 4.69) is 5.32 Å². The molecule has 18 heavy (non-hydrogen) atoms. The molecule has 0 heterocycles. The molecule has 0 saturated heterocycles. The Morgan fingerprint density at radius 3 is 2.72 bits per heavy atom. The number of nitrogens with two attached hydrogens (primary N) is 1. The topological polar surface area (TPSA) is 75.4 Å². The van der Waals surface area contributed by atoms with Crippen LogP contribution in [0.25, 0.3) is 0 Å². The highest BCUT2D eigenvalue weighted by Gasteiger charge is 2.35. The number of aryl methyl sites for hydroxylation is 1. The number of nitrogens with one attached hydrogen (secondary N) is 1. The summed E-state index contributed by atoms with van der Waals surface area (Å²) in [5.41, 5.74) is 7.34. The second kappa shape index (κ2) is 4.98. The van der Waals surface area contributed by atoms with E-state index in [0.717, 1.165) is 31.2 Å². The van der Waals surface area contributed by atoms with Crippen LogP contribution in [0.3, 0.4) is 0 Å². The van der Waals surface area contributed by atoms with Gasteiger partial charge in [-0.15, -0.1) is 0 Å². The summed E-state index contributed by atoms with van der Waals surface area (Å²) in [5.74, 6) is -0.188. The van der Waals surface area contributed by atoms with Gasteiger partial charge in [-0.1, -0.05) is 24.5 Å². The van der Waals surface area contributed by atoms with E-state index in [-0.39, 0.29) is 12.5 Å². The lowest BCUT2D eigenvalue weighted by atomic mass is 9.97. The van der Waals surface area contributed by atoms with Crippen LogP contribution < -0.4 is 11.1 Å². The summed E-state index contributed by atoms with van der Waals surface area (Å²) in [6, 6.07) is 5.40. The number of benzene rings is 1. The first kappa shape index (κ1) is 12.9. The van der Waals surface area contributed by atoms with Gasteiger partial charge in [-0.25, -0.2) is 0 Å². The number of carbonyl (C=O) groups excluding carboxylic acids is 1. The molecule has 1 aliphatic rings. The molecule has 1 aromatic carbocycles. The number of hydrogen-bond acceptors (Lipinski definition) is 3. The third-order valence-corrected chi connectivity index (χ3v) is 3.70. The number of hydrogen-bond donors (Lipinski definition) is 3. The van der Waals surface area contributed by atoms with Crippen LogP contribution in [0.5, 0.6) is 0 Å². The van der Waals surface area contributed by atoms with E-state index in [4.69, 9.17) is 5.73 Å². The van der Waals surface area contributed by atoms with Gasteiger partial charge in [-0.05, 0) is 31.9 Å². The van der Waals surface area contributed by atoms with E-state index < -0.39 is 5.54 Å². The molecular weight excluding hydrogens is 228 g/mol. The Kier molecular flexibility index (Phi) is 3.57. The van der Waals surface area contributed by atoms with E-state index in [0.29, 0.717) is 11.3 Å². The number of rotatable bonds is 3. The first-order valence-electron chi connectivity index (χ1n) is 6.36. The van der Waals surface area contributed by atoms with E-state index in [1.54, 1.807) is 12.1 Å². The summed E-state index contributed by atoms with van der Waals surface area (Å²) in [6.07, 6.45) is 3.76. The molecule has 4 heteroatoms. The van der Waals surface area contributed by atoms with Crippen molar-refractivity contribution in [1.82, 2.24) is 5.32 Å². The highest BCUT2D eigenvalue weighted by Crippen LogP contribution is 2.29. The number of carbonyl (C=O) groups is 1. The summed E-state index contributed by atoms with van der Waals surface area (Å²) < 4.78 is 0. The first-order valence-corrected chi connectivity index (χ1v) is 6.36. The predicted molar refractivity (Wildman–Crippen MR) is 71.3 cm³/mol. The Labute approximate surface area is 107 Å². The van der Waals surface area contributed by atoms with E-state index >= 15 is 0 Å². The SMILES string of the molecule is Cc1ccc(N)c(C(=O)NC2(CO)CCCC2)c1. The predicted octanol–water partition coefficient (Wildman–Crippen LogP) is 1.61. The molecule has 0 unspecified atom stereocenters. The molecule has 98 valence electrons. The van der Waals surface area contributed by atoms with Crippen LogP contribution in [0, 0.1) is 6.92 Å². The van der Waals surface area contributed by atoms with Crippen molar-refractivity contribution in [2.24, 2.45) is 0 Å². The first-order chi connectivity index (χ1) is 8.56.